The van der Waals surface area contributed by atoms with Crippen LogP contribution in [0.2, 0.25) is 0 Å². The van der Waals surface area contributed by atoms with Crippen molar-refractivity contribution in [1.82, 2.24) is 16.0 Å². The van der Waals surface area contributed by atoms with E-state index in [0.29, 0.717) is 0 Å². The zero-order chi connectivity index (χ0) is 21.2. The molecule has 0 rings (SSSR count). The van der Waals surface area contributed by atoms with Gasteiger partial charge in [-0.2, -0.15) is 0 Å². The van der Waals surface area contributed by atoms with E-state index in [1.54, 1.807) is 13.8 Å². The third-order valence-corrected chi connectivity index (χ3v) is 3.82. The molecule has 0 aromatic rings. The molecule has 0 aliphatic heterocycles. The van der Waals surface area contributed by atoms with Crippen molar-refractivity contribution in [2.24, 2.45) is 11.7 Å². The largest absolute Gasteiger partial charge is 0.481 e. The smallest absolute Gasteiger partial charge is 0.305 e. The first-order valence-electron chi connectivity index (χ1n) is 8.02. The minimum atomic E-state index is -3.50. The van der Waals surface area contributed by atoms with E-state index in [9.17, 15) is 27.6 Å². The molecular weight excluding hydrogens is 380 g/mol. The van der Waals surface area contributed by atoms with Gasteiger partial charge in [-0.3, -0.25) is 19.2 Å². The standard InChI is InChI=1S/C15H26N4O7S/c1-9(2)14(19-11(20)7-16)15(24)17-8-12(21)18-10(6-13(22)23)4-5-27(3,25)26/h4-5,9-10,14H,6-8,16H2,1-3H3,(H,17,24)(H,18,21)(H,19,20)(H,22,23). The van der Waals surface area contributed by atoms with Crippen LogP contribution in [0, 0.1) is 5.92 Å². The van der Waals surface area contributed by atoms with Crippen molar-refractivity contribution in [2.45, 2.75) is 32.4 Å². The average Bonchev–Trinajstić information content (AvgIpc) is 2.53. The molecule has 0 fully saturated rings. The SMILES string of the molecule is CC(C)C(NC(=O)CN)C(=O)NCC(=O)NC(C=CS(C)(=O)=O)CC(=O)O. The van der Waals surface area contributed by atoms with Crippen molar-refractivity contribution in [2.75, 3.05) is 19.3 Å². The quantitative estimate of drug-likeness (QED) is 0.254. The van der Waals surface area contributed by atoms with Crippen molar-refractivity contribution in [3.63, 3.8) is 0 Å². The lowest BCUT2D eigenvalue weighted by molar-refractivity contribution is -0.137. The van der Waals surface area contributed by atoms with Gasteiger partial charge in [0.2, 0.25) is 17.7 Å². The number of amides is 3. The van der Waals surface area contributed by atoms with Crippen LogP contribution in [-0.2, 0) is 29.0 Å². The van der Waals surface area contributed by atoms with Gasteiger partial charge in [0.1, 0.15) is 6.04 Å². The Morgan fingerprint density at radius 1 is 1.11 bits per heavy atom. The molecule has 11 nitrogen and oxygen atoms in total. The van der Waals surface area contributed by atoms with Crippen molar-refractivity contribution in [1.29, 1.82) is 0 Å². The lowest BCUT2D eigenvalue weighted by Gasteiger charge is -2.21. The first-order valence-corrected chi connectivity index (χ1v) is 9.97. The summed E-state index contributed by atoms with van der Waals surface area (Å²) in [6.07, 6.45) is 1.43. The van der Waals surface area contributed by atoms with Gasteiger partial charge in [-0.05, 0) is 5.92 Å². The number of nitrogens with one attached hydrogen (secondary N) is 3. The lowest BCUT2D eigenvalue weighted by atomic mass is 10.0. The Balaban J connectivity index is 4.84. The summed E-state index contributed by atoms with van der Waals surface area (Å²) in [6.45, 7) is 2.61. The summed E-state index contributed by atoms with van der Waals surface area (Å²) in [5.74, 6) is -3.36. The maximum atomic E-state index is 12.1. The van der Waals surface area contributed by atoms with E-state index in [4.69, 9.17) is 10.8 Å². The number of carbonyl (C=O) groups excluding carboxylic acids is 3. The van der Waals surface area contributed by atoms with Gasteiger partial charge < -0.3 is 26.8 Å². The van der Waals surface area contributed by atoms with Gasteiger partial charge in [-0.1, -0.05) is 19.9 Å². The maximum absolute atomic E-state index is 12.1. The Labute approximate surface area is 157 Å². The third kappa shape index (κ3) is 11.7. The predicted molar refractivity (Wildman–Crippen MR) is 97.0 cm³/mol. The molecule has 27 heavy (non-hydrogen) atoms. The van der Waals surface area contributed by atoms with Crippen molar-refractivity contribution < 1.29 is 32.7 Å². The van der Waals surface area contributed by atoms with Crippen LogP contribution >= 0.6 is 0 Å². The fraction of sp³-hybridized carbons (Fsp3) is 0.600. The molecule has 0 radical (unpaired) electrons. The number of sulfone groups is 1. The van der Waals surface area contributed by atoms with Crippen LogP contribution in [0.5, 0.6) is 0 Å². The highest BCUT2D eigenvalue weighted by Crippen LogP contribution is 2.02. The van der Waals surface area contributed by atoms with Gasteiger partial charge in [-0.25, -0.2) is 8.42 Å². The van der Waals surface area contributed by atoms with Gasteiger partial charge in [0.05, 0.1) is 25.6 Å². The zero-order valence-electron chi connectivity index (χ0n) is 15.4. The number of carboxylic acid groups (broad SMARTS) is 1. The molecule has 0 aliphatic carbocycles. The van der Waals surface area contributed by atoms with Gasteiger partial charge in [0, 0.05) is 11.7 Å². The number of rotatable bonds is 11. The van der Waals surface area contributed by atoms with E-state index in [1.165, 1.54) is 0 Å². The van der Waals surface area contributed by atoms with E-state index < -0.39 is 58.6 Å². The molecule has 0 aliphatic rings. The van der Waals surface area contributed by atoms with Crippen LogP contribution in [0.4, 0.5) is 0 Å². The van der Waals surface area contributed by atoms with Crippen LogP contribution in [0.3, 0.4) is 0 Å². The van der Waals surface area contributed by atoms with Crippen LogP contribution in [0.1, 0.15) is 20.3 Å². The number of hydrogen-bond donors (Lipinski definition) is 5. The highest BCUT2D eigenvalue weighted by molar-refractivity contribution is 7.93. The Bertz CT molecular complexity index is 688. The highest BCUT2D eigenvalue weighted by atomic mass is 32.2. The second-order valence-corrected chi connectivity index (χ2v) is 8.07. The molecule has 6 N–H and O–H groups in total. The zero-order valence-corrected chi connectivity index (χ0v) is 16.2. The molecule has 0 aromatic heterocycles. The van der Waals surface area contributed by atoms with E-state index in [2.05, 4.69) is 16.0 Å². The Morgan fingerprint density at radius 3 is 2.15 bits per heavy atom. The summed E-state index contributed by atoms with van der Waals surface area (Å²) in [7, 11) is -3.50. The van der Waals surface area contributed by atoms with Crippen molar-refractivity contribution >= 4 is 33.5 Å². The number of carbonyl (C=O) groups is 4. The first-order chi connectivity index (χ1) is 12.4. The summed E-state index contributed by atoms with van der Waals surface area (Å²) < 4.78 is 22.3. The predicted octanol–water partition coefficient (Wildman–Crippen LogP) is -2.28. The number of hydrogen-bond acceptors (Lipinski definition) is 7. The summed E-state index contributed by atoms with van der Waals surface area (Å²) in [6, 6.07) is -1.96. The minimum Gasteiger partial charge on any atom is -0.481 e. The first kappa shape index (κ1) is 24.5. The van der Waals surface area contributed by atoms with Crippen LogP contribution in [-0.4, -0.2) is 68.6 Å². The average molecular weight is 406 g/mol. The molecule has 12 heteroatoms. The van der Waals surface area contributed by atoms with Crippen LogP contribution in [0.15, 0.2) is 11.5 Å². The van der Waals surface area contributed by atoms with E-state index >= 15 is 0 Å². The molecule has 154 valence electrons. The molecule has 0 heterocycles. The molecule has 3 amide bonds. The van der Waals surface area contributed by atoms with E-state index in [1.807, 2.05) is 0 Å². The van der Waals surface area contributed by atoms with Gasteiger partial charge in [0.25, 0.3) is 0 Å². The fourth-order valence-electron chi connectivity index (χ4n) is 1.90. The van der Waals surface area contributed by atoms with Gasteiger partial charge >= 0.3 is 5.97 Å². The normalized spacial score (nSPS) is 13.8. The molecule has 0 aromatic carbocycles. The molecule has 0 spiro atoms. The second-order valence-electron chi connectivity index (χ2n) is 6.14. The Hall–Kier alpha value is -2.47. The minimum absolute atomic E-state index is 0.263. The van der Waals surface area contributed by atoms with Gasteiger partial charge in [0.15, 0.2) is 9.84 Å². The van der Waals surface area contributed by atoms with Gasteiger partial charge in [-0.15, -0.1) is 0 Å². The summed E-state index contributed by atoms with van der Waals surface area (Å²) in [5.41, 5.74) is 5.19. The molecule has 2 unspecified atom stereocenters. The second kappa shape index (κ2) is 11.3. The lowest BCUT2D eigenvalue weighted by Crippen LogP contribution is -2.53. The van der Waals surface area contributed by atoms with Crippen LogP contribution in [0.25, 0.3) is 0 Å². The molecule has 0 saturated carbocycles. The monoisotopic (exact) mass is 406 g/mol. The highest BCUT2D eigenvalue weighted by Gasteiger charge is 2.24. The van der Waals surface area contributed by atoms with Crippen molar-refractivity contribution in [3.8, 4) is 0 Å². The maximum Gasteiger partial charge on any atom is 0.305 e. The number of aliphatic carboxylic acids is 1. The molecule has 2 atom stereocenters. The molecule has 0 saturated heterocycles. The molecular formula is C15H26N4O7S. The molecule has 0 bridgehead atoms. The topological polar surface area (TPSA) is 185 Å². The third-order valence-electron chi connectivity index (χ3n) is 3.17. The fourth-order valence-corrected chi connectivity index (χ4v) is 2.37. The summed E-state index contributed by atoms with van der Waals surface area (Å²) in [4.78, 5) is 46.2. The Kier molecular flexibility index (Phi) is 10.3. The van der Waals surface area contributed by atoms with E-state index in [-0.39, 0.29) is 12.5 Å². The summed E-state index contributed by atoms with van der Waals surface area (Å²) >= 11 is 0. The van der Waals surface area contributed by atoms with Crippen molar-refractivity contribution in [3.05, 3.63) is 11.5 Å². The number of nitrogens with two attached hydrogens (primary N) is 1. The number of carboxylic acids is 1. The summed E-state index contributed by atoms with van der Waals surface area (Å²) in [5, 5.41) is 16.7. The van der Waals surface area contributed by atoms with E-state index in [0.717, 1.165) is 17.7 Å². The van der Waals surface area contributed by atoms with Crippen LogP contribution < -0.4 is 21.7 Å². The Morgan fingerprint density at radius 2 is 1.70 bits per heavy atom.